The summed E-state index contributed by atoms with van der Waals surface area (Å²) >= 11 is 0. The van der Waals surface area contributed by atoms with Crippen LogP contribution in [-0.4, -0.2) is 66.9 Å². The van der Waals surface area contributed by atoms with Gasteiger partial charge in [0.25, 0.3) is 0 Å². The number of nitrogens with two attached hydrogens (primary N) is 1. The number of amides is 2. The molecule has 0 aromatic carbocycles. The van der Waals surface area contributed by atoms with Gasteiger partial charge in [-0.2, -0.15) is 0 Å². The summed E-state index contributed by atoms with van der Waals surface area (Å²) in [6.07, 6.45) is 4.78. The molecule has 3 N–H and O–H groups in total. The highest BCUT2D eigenvalue weighted by molar-refractivity contribution is 5.85. The molecule has 0 aromatic heterocycles. The molecule has 6 nitrogen and oxygen atoms in total. The molecule has 0 bridgehead atoms. The van der Waals surface area contributed by atoms with E-state index in [0.717, 1.165) is 32.6 Å². The van der Waals surface area contributed by atoms with Crippen molar-refractivity contribution in [3.05, 3.63) is 0 Å². The van der Waals surface area contributed by atoms with Gasteiger partial charge in [-0.1, -0.05) is 0 Å². The second-order valence-corrected chi connectivity index (χ2v) is 5.36. The average molecular weight is 268 g/mol. The molecule has 2 saturated heterocycles. The Balaban J connectivity index is 1.79. The Morgan fingerprint density at radius 1 is 1.16 bits per heavy atom. The molecule has 2 aliphatic rings. The highest BCUT2D eigenvalue weighted by atomic mass is 16.2. The lowest BCUT2D eigenvalue weighted by Crippen LogP contribution is -2.51. The predicted molar refractivity (Wildman–Crippen MR) is 72.5 cm³/mol. The number of nitrogens with one attached hydrogen (secondary N) is 1. The molecule has 2 rings (SSSR count). The maximum absolute atomic E-state index is 12.0. The van der Waals surface area contributed by atoms with E-state index in [4.69, 9.17) is 5.73 Å². The molecule has 2 aliphatic heterocycles. The van der Waals surface area contributed by atoms with Crippen LogP contribution in [0.25, 0.3) is 0 Å². The molecule has 2 heterocycles. The highest BCUT2D eigenvalue weighted by Gasteiger charge is 2.29. The topological polar surface area (TPSA) is 78.7 Å². The van der Waals surface area contributed by atoms with E-state index in [1.54, 1.807) is 0 Å². The van der Waals surface area contributed by atoms with E-state index in [0.29, 0.717) is 6.04 Å². The average Bonchev–Trinajstić information content (AvgIpc) is 2.98. The lowest BCUT2D eigenvalue weighted by molar-refractivity contribution is -0.134. The minimum Gasteiger partial charge on any atom is -0.346 e. The van der Waals surface area contributed by atoms with Crippen LogP contribution in [0.3, 0.4) is 0 Å². The summed E-state index contributed by atoms with van der Waals surface area (Å²) in [5.74, 6) is -0.271. The van der Waals surface area contributed by atoms with Gasteiger partial charge >= 0.3 is 0 Å². The SMILES string of the molecule is NCC(=O)NCC(=O)N1CCCC(N2CCCC2)C1. The van der Waals surface area contributed by atoms with Gasteiger partial charge in [0.2, 0.25) is 11.8 Å². The summed E-state index contributed by atoms with van der Waals surface area (Å²) in [5, 5.41) is 2.55. The first kappa shape index (κ1) is 14.3. The number of hydrogen-bond donors (Lipinski definition) is 2. The van der Waals surface area contributed by atoms with Gasteiger partial charge in [0.1, 0.15) is 0 Å². The summed E-state index contributed by atoms with van der Waals surface area (Å²) in [5.41, 5.74) is 5.20. The van der Waals surface area contributed by atoms with Crippen LogP contribution in [0.5, 0.6) is 0 Å². The standard InChI is InChI=1S/C13H24N4O2/c14-8-12(18)15-9-13(19)17-7-3-4-11(10-17)16-5-1-2-6-16/h11H,1-10,14H2,(H,15,18). The van der Waals surface area contributed by atoms with Crippen LogP contribution < -0.4 is 11.1 Å². The smallest absolute Gasteiger partial charge is 0.242 e. The molecular formula is C13H24N4O2. The van der Waals surface area contributed by atoms with Gasteiger partial charge in [0.05, 0.1) is 13.1 Å². The van der Waals surface area contributed by atoms with Crippen LogP contribution in [-0.2, 0) is 9.59 Å². The summed E-state index contributed by atoms with van der Waals surface area (Å²) < 4.78 is 0. The number of rotatable bonds is 4. The van der Waals surface area contributed by atoms with E-state index in [-0.39, 0.29) is 24.9 Å². The van der Waals surface area contributed by atoms with E-state index in [9.17, 15) is 9.59 Å². The Labute approximate surface area is 114 Å². The van der Waals surface area contributed by atoms with Gasteiger partial charge in [0.15, 0.2) is 0 Å². The van der Waals surface area contributed by atoms with Crippen molar-refractivity contribution in [2.45, 2.75) is 31.7 Å². The maximum Gasteiger partial charge on any atom is 0.242 e. The molecule has 0 aliphatic carbocycles. The molecule has 0 spiro atoms. The molecule has 2 fully saturated rings. The first-order valence-electron chi connectivity index (χ1n) is 7.19. The third-order valence-electron chi connectivity index (χ3n) is 4.03. The Hall–Kier alpha value is -1.14. The van der Waals surface area contributed by atoms with Gasteiger partial charge in [0, 0.05) is 19.1 Å². The number of nitrogens with zero attached hydrogens (tertiary/aromatic N) is 2. The van der Waals surface area contributed by atoms with Crippen molar-refractivity contribution >= 4 is 11.8 Å². The molecule has 0 saturated carbocycles. The Bertz CT molecular complexity index is 329. The first-order valence-corrected chi connectivity index (χ1v) is 7.19. The van der Waals surface area contributed by atoms with Gasteiger partial charge in [-0.05, 0) is 38.8 Å². The summed E-state index contributed by atoms with van der Waals surface area (Å²) in [7, 11) is 0. The number of hydrogen-bond acceptors (Lipinski definition) is 4. The van der Waals surface area contributed by atoms with Crippen molar-refractivity contribution in [3.8, 4) is 0 Å². The third-order valence-corrected chi connectivity index (χ3v) is 4.03. The molecule has 2 amide bonds. The van der Waals surface area contributed by atoms with Crippen molar-refractivity contribution in [2.24, 2.45) is 5.73 Å². The van der Waals surface area contributed by atoms with E-state index < -0.39 is 0 Å². The van der Waals surface area contributed by atoms with Crippen molar-refractivity contribution in [1.29, 1.82) is 0 Å². The fourth-order valence-electron chi connectivity index (χ4n) is 2.94. The minimum atomic E-state index is -0.276. The molecule has 1 atom stereocenters. The second-order valence-electron chi connectivity index (χ2n) is 5.36. The summed E-state index contributed by atoms with van der Waals surface area (Å²) in [4.78, 5) is 27.5. The van der Waals surface area contributed by atoms with Crippen LogP contribution in [0.1, 0.15) is 25.7 Å². The molecule has 1 unspecified atom stereocenters. The normalized spacial score (nSPS) is 24.5. The maximum atomic E-state index is 12.0. The zero-order valence-corrected chi connectivity index (χ0v) is 11.4. The van der Waals surface area contributed by atoms with Crippen molar-refractivity contribution in [2.75, 3.05) is 39.3 Å². The zero-order chi connectivity index (χ0) is 13.7. The number of likely N-dealkylation sites (tertiary alicyclic amines) is 2. The number of carbonyl (C=O) groups is 2. The number of carbonyl (C=O) groups excluding carboxylic acids is 2. The third kappa shape index (κ3) is 3.91. The van der Waals surface area contributed by atoms with Crippen molar-refractivity contribution < 1.29 is 9.59 Å². The molecule has 19 heavy (non-hydrogen) atoms. The van der Waals surface area contributed by atoms with Crippen molar-refractivity contribution in [3.63, 3.8) is 0 Å². The highest BCUT2D eigenvalue weighted by Crippen LogP contribution is 2.20. The van der Waals surface area contributed by atoms with Gasteiger partial charge in [-0.15, -0.1) is 0 Å². The van der Waals surface area contributed by atoms with Gasteiger partial charge in [-0.25, -0.2) is 0 Å². The van der Waals surface area contributed by atoms with Crippen LogP contribution >= 0.6 is 0 Å². The van der Waals surface area contributed by atoms with E-state index >= 15 is 0 Å². The van der Waals surface area contributed by atoms with Crippen LogP contribution in [0.4, 0.5) is 0 Å². The second kappa shape index (κ2) is 6.86. The zero-order valence-electron chi connectivity index (χ0n) is 11.4. The molecule has 0 aromatic rings. The molecular weight excluding hydrogens is 244 g/mol. The molecule has 0 radical (unpaired) electrons. The fourth-order valence-corrected chi connectivity index (χ4v) is 2.94. The molecule has 108 valence electrons. The van der Waals surface area contributed by atoms with Crippen LogP contribution in [0.2, 0.25) is 0 Å². The van der Waals surface area contributed by atoms with Crippen LogP contribution in [0, 0.1) is 0 Å². The lowest BCUT2D eigenvalue weighted by atomic mass is 10.0. The Morgan fingerprint density at radius 3 is 2.58 bits per heavy atom. The number of piperidine rings is 1. The lowest BCUT2D eigenvalue weighted by Gasteiger charge is -2.37. The quantitative estimate of drug-likeness (QED) is 0.696. The van der Waals surface area contributed by atoms with Gasteiger partial charge < -0.3 is 16.0 Å². The predicted octanol–water partition coefficient (Wildman–Crippen LogP) is -0.852. The van der Waals surface area contributed by atoms with Crippen molar-refractivity contribution in [1.82, 2.24) is 15.1 Å². The first-order chi connectivity index (χ1) is 9.20. The van der Waals surface area contributed by atoms with E-state index in [1.165, 1.54) is 19.3 Å². The Morgan fingerprint density at radius 2 is 1.89 bits per heavy atom. The van der Waals surface area contributed by atoms with E-state index in [2.05, 4.69) is 10.2 Å². The molecule has 6 heteroatoms. The van der Waals surface area contributed by atoms with Gasteiger partial charge in [-0.3, -0.25) is 14.5 Å². The monoisotopic (exact) mass is 268 g/mol. The summed E-state index contributed by atoms with van der Waals surface area (Å²) in [6, 6.07) is 0.505. The largest absolute Gasteiger partial charge is 0.346 e. The fraction of sp³-hybridized carbons (Fsp3) is 0.846. The minimum absolute atomic E-state index is 0.00527. The van der Waals surface area contributed by atoms with E-state index in [1.807, 2.05) is 4.90 Å². The Kier molecular flexibility index (Phi) is 5.15. The summed E-state index contributed by atoms with van der Waals surface area (Å²) in [6.45, 7) is 3.94. The van der Waals surface area contributed by atoms with Crippen LogP contribution in [0.15, 0.2) is 0 Å².